The molecule has 222 valence electrons. The molecule has 0 aromatic heterocycles. The number of benzene rings is 1. The topological polar surface area (TPSA) is 119 Å². The predicted molar refractivity (Wildman–Crippen MR) is 165 cm³/mol. The number of amides is 1. The zero-order chi connectivity index (χ0) is 30.6. The number of phenols is 1. The number of aromatic hydroxyl groups is 1. The van der Waals surface area contributed by atoms with Crippen LogP contribution in [0.5, 0.6) is 5.75 Å². The van der Waals surface area contributed by atoms with Crippen molar-refractivity contribution < 1.29 is 29.3 Å². The van der Waals surface area contributed by atoms with E-state index in [0.29, 0.717) is 29.3 Å². The van der Waals surface area contributed by atoms with Crippen LogP contribution in [0.15, 0.2) is 71.3 Å². The first-order chi connectivity index (χ1) is 19.3. The summed E-state index contributed by atoms with van der Waals surface area (Å²) in [6.07, 6.45) is 13.6. The van der Waals surface area contributed by atoms with E-state index in [4.69, 9.17) is 15.2 Å². The lowest BCUT2D eigenvalue weighted by molar-refractivity contribution is -0.142. The highest BCUT2D eigenvalue weighted by atomic mass is 79.9. The van der Waals surface area contributed by atoms with Gasteiger partial charge in [-0.1, -0.05) is 82.9 Å². The average molecular weight is 629 g/mol. The summed E-state index contributed by atoms with van der Waals surface area (Å²) in [6, 6.07) is 4.99. The Morgan fingerprint density at radius 2 is 1.90 bits per heavy atom. The molecule has 1 heterocycles. The van der Waals surface area contributed by atoms with Gasteiger partial charge in [0.15, 0.2) is 0 Å². The molecule has 1 aliphatic rings. The molecule has 0 saturated heterocycles. The lowest BCUT2D eigenvalue weighted by Gasteiger charge is -2.28. The van der Waals surface area contributed by atoms with Gasteiger partial charge < -0.3 is 25.4 Å². The number of aliphatic hydroxyl groups is 1. The van der Waals surface area contributed by atoms with Gasteiger partial charge in [0.2, 0.25) is 0 Å². The number of esters is 1. The molecule has 0 aliphatic carbocycles. The molecule has 1 aliphatic heterocycles. The normalized spacial score (nSPS) is 26.8. The molecule has 6 atom stereocenters. The fraction of sp³-hybridized carbons (Fsp3) is 0.455. The van der Waals surface area contributed by atoms with E-state index >= 15 is 0 Å². The molecule has 4 N–H and O–H groups in total. The number of allylic oxidation sites excluding steroid dienone is 4. The molecular weight excluding hydrogens is 586 g/mol. The standard InChI is InChI=1S/C33H42BrNO6/c1-22-12-10-16-29(37)41-28(24(3)18-17-23(2)21-25(20-22)40-32(35)39)15-8-6-7-9-19-33(4,5)31(38)26-13-11-14-27(36)30(26)34/h8-11,13-19,22-25,28,31,36,38H,12,20-21H2,1-5H3,(H2,35,39)/b15-8+,16-10-,18-17+,19-9+/t22-,23+,24+,25?,28-,31-/m1/s1. The molecule has 0 bridgehead atoms. The first-order valence-electron chi connectivity index (χ1n) is 13.8. The van der Waals surface area contributed by atoms with Crippen molar-refractivity contribution in [1.29, 1.82) is 0 Å². The molecule has 1 aromatic rings. The number of ether oxygens (including phenoxy) is 2. The number of nitrogens with two attached hydrogens (primary N) is 1. The molecule has 8 heteroatoms. The van der Waals surface area contributed by atoms with Crippen molar-refractivity contribution in [2.24, 2.45) is 28.9 Å². The average Bonchev–Trinajstić information content (AvgIpc) is 2.88. The van der Waals surface area contributed by atoms with E-state index in [1.807, 2.05) is 52.8 Å². The summed E-state index contributed by atoms with van der Waals surface area (Å²) in [6.45, 7) is 9.79. The third-order valence-electron chi connectivity index (χ3n) is 6.95. The Labute approximate surface area is 252 Å². The monoisotopic (exact) mass is 627 g/mol. The number of carbonyl (C=O) groups is 2. The van der Waals surface area contributed by atoms with Gasteiger partial charge in [0.25, 0.3) is 0 Å². The van der Waals surface area contributed by atoms with Crippen LogP contribution >= 0.6 is 15.9 Å². The van der Waals surface area contributed by atoms with Crippen molar-refractivity contribution in [1.82, 2.24) is 0 Å². The van der Waals surface area contributed by atoms with E-state index in [1.165, 1.54) is 6.08 Å². The van der Waals surface area contributed by atoms with Gasteiger partial charge in [0.1, 0.15) is 18.0 Å². The van der Waals surface area contributed by atoms with Crippen molar-refractivity contribution in [3.8, 4) is 17.6 Å². The van der Waals surface area contributed by atoms with Crippen molar-refractivity contribution in [2.75, 3.05) is 0 Å². The molecule has 2 rings (SSSR count). The Balaban J connectivity index is 2.15. The second-order valence-corrected chi connectivity index (χ2v) is 12.1. The number of hydrogen-bond acceptors (Lipinski definition) is 6. The lowest BCUT2D eigenvalue weighted by Crippen LogP contribution is -2.26. The number of rotatable bonds is 5. The molecule has 1 amide bonds. The zero-order valence-corrected chi connectivity index (χ0v) is 26.0. The van der Waals surface area contributed by atoms with E-state index in [1.54, 1.807) is 42.5 Å². The number of hydrogen-bond donors (Lipinski definition) is 3. The van der Waals surface area contributed by atoms with E-state index in [0.717, 1.165) is 0 Å². The molecular formula is C33H42BrNO6. The van der Waals surface area contributed by atoms with E-state index in [2.05, 4.69) is 27.8 Å². The summed E-state index contributed by atoms with van der Waals surface area (Å²) in [5.74, 6) is 5.69. The maximum absolute atomic E-state index is 12.5. The molecule has 0 saturated carbocycles. The number of phenolic OH excluding ortho intramolecular Hbond substituents is 1. The molecule has 0 spiro atoms. The van der Waals surface area contributed by atoms with Crippen LogP contribution in [-0.2, 0) is 14.3 Å². The number of halogens is 1. The van der Waals surface area contributed by atoms with Crippen LogP contribution < -0.4 is 5.73 Å². The predicted octanol–water partition coefficient (Wildman–Crippen LogP) is 6.91. The van der Waals surface area contributed by atoms with Gasteiger partial charge in [-0.3, -0.25) is 0 Å². The van der Waals surface area contributed by atoms with Gasteiger partial charge in [-0.05, 0) is 76.9 Å². The number of primary amides is 1. The first kappa shape index (κ1) is 33.9. The minimum absolute atomic E-state index is 0.0645. The summed E-state index contributed by atoms with van der Waals surface area (Å²) in [4.78, 5) is 23.9. The Hall–Kier alpha value is -3.28. The molecule has 0 radical (unpaired) electrons. The fourth-order valence-electron chi connectivity index (χ4n) is 4.50. The van der Waals surface area contributed by atoms with Gasteiger partial charge in [0.05, 0.1) is 10.6 Å². The van der Waals surface area contributed by atoms with Crippen LogP contribution in [-0.4, -0.2) is 34.5 Å². The van der Waals surface area contributed by atoms with Crippen LogP contribution in [0.25, 0.3) is 0 Å². The molecule has 1 unspecified atom stereocenters. The number of carbonyl (C=O) groups excluding carboxylic acids is 2. The van der Waals surface area contributed by atoms with Gasteiger partial charge >= 0.3 is 12.1 Å². The van der Waals surface area contributed by atoms with E-state index in [-0.39, 0.29) is 29.6 Å². The Morgan fingerprint density at radius 3 is 2.61 bits per heavy atom. The Bertz CT molecular complexity index is 1220. The van der Waals surface area contributed by atoms with Crippen LogP contribution in [0.1, 0.15) is 65.5 Å². The van der Waals surface area contributed by atoms with Crippen LogP contribution in [0.3, 0.4) is 0 Å². The molecule has 0 fully saturated rings. The molecule has 1 aromatic carbocycles. The zero-order valence-electron chi connectivity index (χ0n) is 24.4. The lowest BCUT2D eigenvalue weighted by atomic mass is 9.82. The number of aliphatic hydroxyl groups excluding tert-OH is 1. The van der Waals surface area contributed by atoms with Gasteiger partial charge in [-0.15, -0.1) is 0 Å². The third-order valence-corrected chi connectivity index (χ3v) is 7.81. The third kappa shape index (κ3) is 11.6. The quantitative estimate of drug-likeness (QED) is 0.185. The maximum atomic E-state index is 12.5. The number of cyclic esters (lactones) is 1. The first-order valence-corrected chi connectivity index (χ1v) is 14.6. The van der Waals surface area contributed by atoms with E-state index < -0.39 is 29.7 Å². The molecule has 41 heavy (non-hydrogen) atoms. The summed E-state index contributed by atoms with van der Waals surface area (Å²) in [5.41, 5.74) is 5.21. The van der Waals surface area contributed by atoms with Gasteiger partial charge in [-0.25, -0.2) is 9.59 Å². The van der Waals surface area contributed by atoms with Gasteiger partial charge in [-0.2, -0.15) is 0 Å². The second kappa shape index (κ2) is 16.2. The summed E-state index contributed by atoms with van der Waals surface area (Å²) in [5, 5.41) is 20.8. The highest BCUT2D eigenvalue weighted by Gasteiger charge is 2.28. The molecule has 7 nitrogen and oxygen atoms in total. The smallest absolute Gasteiger partial charge is 0.404 e. The van der Waals surface area contributed by atoms with Gasteiger partial charge in [0, 0.05) is 17.4 Å². The Morgan fingerprint density at radius 1 is 1.20 bits per heavy atom. The van der Waals surface area contributed by atoms with Crippen molar-refractivity contribution in [2.45, 2.75) is 72.2 Å². The van der Waals surface area contributed by atoms with Crippen LogP contribution in [0.4, 0.5) is 4.79 Å². The summed E-state index contributed by atoms with van der Waals surface area (Å²) in [7, 11) is 0. The Kier molecular flexibility index (Phi) is 13.4. The SMILES string of the molecule is C[C@@H]1C/C=C\C(=O)O[C@H](/C=C/C#C/C=C/C(C)(C)[C@H](O)c2cccc(O)c2Br)[C@@H](C)/C=C/[C@H](C)CC(OC(N)=O)C1. The minimum Gasteiger partial charge on any atom is -0.507 e. The highest BCUT2D eigenvalue weighted by Crippen LogP contribution is 2.40. The van der Waals surface area contributed by atoms with Crippen molar-refractivity contribution >= 4 is 28.0 Å². The van der Waals surface area contributed by atoms with Crippen LogP contribution in [0.2, 0.25) is 0 Å². The summed E-state index contributed by atoms with van der Waals surface area (Å²) >= 11 is 3.34. The highest BCUT2D eigenvalue weighted by molar-refractivity contribution is 9.10. The minimum atomic E-state index is -0.870. The second-order valence-electron chi connectivity index (χ2n) is 11.3. The maximum Gasteiger partial charge on any atom is 0.404 e. The van der Waals surface area contributed by atoms with Crippen molar-refractivity contribution in [3.63, 3.8) is 0 Å². The largest absolute Gasteiger partial charge is 0.507 e. The van der Waals surface area contributed by atoms with E-state index in [9.17, 15) is 19.8 Å². The fourth-order valence-corrected chi connectivity index (χ4v) is 4.98. The summed E-state index contributed by atoms with van der Waals surface area (Å²) < 4.78 is 11.5. The van der Waals surface area contributed by atoms with Crippen molar-refractivity contribution in [3.05, 3.63) is 76.8 Å². The van der Waals surface area contributed by atoms with Crippen LogP contribution in [0, 0.1) is 35.0 Å².